The van der Waals surface area contributed by atoms with Gasteiger partial charge in [-0.15, -0.1) is 5.10 Å². The Morgan fingerprint density at radius 2 is 2.06 bits per heavy atom. The molecule has 32 heavy (non-hydrogen) atoms. The first-order chi connectivity index (χ1) is 15.2. The van der Waals surface area contributed by atoms with Crippen molar-refractivity contribution in [3.63, 3.8) is 0 Å². The second-order valence-electron chi connectivity index (χ2n) is 8.73. The number of ether oxygens (including phenoxy) is 1. The van der Waals surface area contributed by atoms with Gasteiger partial charge in [0.25, 0.3) is 0 Å². The summed E-state index contributed by atoms with van der Waals surface area (Å²) in [6.45, 7) is 5.77. The summed E-state index contributed by atoms with van der Waals surface area (Å²) in [6.07, 6.45) is -0.0773. The van der Waals surface area contributed by atoms with Crippen molar-refractivity contribution in [3.8, 4) is 0 Å². The molecule has 3 atom stereocenters. The van der Waals surface area contributed by atoms with E-state index < -0.39 is 23.8 Å². The third kappa shape index (κ3) is 4.20. The SMILES string of the molecule is CC(C)n1c(/C(N)=N/N(C)N)nc2c1CN(C1CO[C@H](c3cc(F)ccc3F)C(N)C1)C2. The van der Waals surface area contributed by atoms with Crippen molar-refractivity contribution in [1.82, 2.24) is 19.6 Å². The number of fused-ring (bicyclic) bond motifs is 1. The summed E-state index contributed by atoms with van der Waals surface area (Å²) >= 11 is 0. The van der Waals surface area contributed by atoms with Gasteiger partial charge in [0, 0.05) is 43.8 Å². The third-order valence-electron chi connectivity index (χ3n) is 5.99. The molecule has 1 aromatic carbocycles. The fourth-order valence-electron chi connectivity index (χ4n) is 4.61. The van der Waals surface area contributed by atoms with Crippen LogP contribution in [-0.2, 0) is 17.8 Å². The second-order valence-corrected chi connectivity index (χ2v) is 8.73. The highest BCUT2D eigenvalue weighted by Gasteiger charge is 2.38. The van der Waals surface area contributed by atoms with Crippen LogP contribution >= 0.6 is 0 Å². The predicted molar refractivity (Wildman–Crippen MR) is 116 cm³/mol. The zero-order valence-corrected chi connectivity index (χ0v) is 18.5. The minimum atomic E-state index is -0.676. The molecule has 0 aliphatic carbocycles. The minimum absolute atomic E-state index is 0.0392. The maximum Gasteiger partial charge on any atom is 0.188 e. The smallest absolute Gasteiger partial charge is 0.188 e. The van der Waals surface area contributed by atoms with Gasteiger partial charge in [-0.3, -0.25) is 4.90 Å². The molecule has 1 saturated heterocycles. The summed E-state index contributed by atoms with van der Waals surface area (Å²) in [4.78, 5) is 6.98. The van der Waals surface area contributed by atoms with Crippen molar-refractivity contribution in [1.29, 1.82) is 0 Å². The Morgan fingerprint density at radius 3 is 2.72 bits per heavy atom. The van der Waals surface area contributed by atoms with E-state index in [4.69, 9.17) is 27.0 Å². The highest BCUT2D eigenvalue weighted by Crippen LogP contribution is 2.35. The average molecular weight is 449 g/mol. The number of hydrazine groups is 1. The third-order valence-corrected chi connectivity index (χ3v) is 5.99. The quantitative estimate of drug-likeness (QED) is 0.273. The van der Waals surface area contributed by atoms with Crippen LogP contribution in [0.25, 0.3) is 0 Å². The molecule has 2 unspecified atom stereocenters. The van der Waals surface area contributed by atoms with E-state index in [0.29, 0.717) is 31.9 Å². The van der Waals surface area contributed by atoms with Crippen LogP contribution < -0.4 is 17.3 Å². The van der Waals surface area contributed by atoms with E-state index in [2.05, 4.69) is 28.4 Å². The van der Waals surface area contributed by atoms with Crippen LogP contribution in [0.2, 0.25) is 0 Å². The average Bonchev–Trinajstić information content (AvgIpc) is 3.27. The van der Waals surface area contributed by atoms with E-state index in [1.807, 2.05) is 0 Å². The van der Waals surface area contributed by atoms with Crippen LogP contribution in [0.3, 0.4) is 0 Å². The molecule has 3 heterocycles. The lowest BCUT2D eigenvalue weighted by molar-refractivity contribution is -0.0535. The number of hydrogen-bond donors (Lipinski definition) is 3. The van der Waals surface area contributed by atoms with Gasteiger partial charge in [0.15, 0.2) is 11.7 Å². The standard InChI is InChI=1S/C21H30F2N8O/c1-11(2)31-18-9-30(8-17(18)27-21(31)20(25)28-29(3)26)13-7-16(24)19(32-10-13)14-6-12(22)4-5-15(14)23/h4-6,11,13,16,19H,7-10,24,26H2,1-3H3,(H2,25,28)/t13?,16?,19-/m1/s1. The van der Waals surface area contributed by atoms with Gasteiger partial charge >= 0.3 is 0 Å². The van der Waals surface area contributed by atoms with Crippen LogP contribution in [0.5, 0.6) is 0 Å². The summed E-state index contributed by atoms with van der Waals surface area (Å²) in [5, 5.41) is 5.24. The number of hydrogen-bond acceptors (Lipinski definition) is 7. The maximum absolute atomic E-state index is 14.2. The Balaban J connectivity index is 1.50. The number of hydrazone groups is 1. The van der Waals surface area contributed by atoms with Gasteiger partial charge in [0.2, 0.25) is 0 Å². The number of nitrogens with two attached hydrogens (primary N) is 3. The number of imidazole rings is 1. The number of aromatic nitrogens is 2. The molecule has 2 aromatic rings. The molecule has 174 valence electrons. The van der Waals surface area contributed by atoms with Crippen LogP contribution in [0.1, 0.15) is 55.2 Å². The topological polar surface area (TPSA) is 124 Å². The molecule has 0 amide bonds. The largest absolute Gasteiger partial charge is 0.379 e. The molecule has 1 fully saturated rings. The first kappa shape index (κ1) is 22.6. The van der Waals surface area contributed by atoms with Gasteiger partial charge < -0.3 is 20.8 Å². The van der Waals surface area contributed by atoms with Crippen molar-refractivity contribution < 1.29 is 13.5 Å². The normalized spacial score (nSPS) is 24.2. The first-order valence-electron chi connectivity index (χ1n) is 10.6. The van der Waals surface area contributed by atoms with E-state index in [1.54, 1.807) is 7.05 Å². The molecule has 0 bridgehead atoms. The van der Waals surface area contributed by atoms with E-state index in [-0.39, 0.29) is 23.5 Å². The molecule has 0 saturated carbocycles. The van der Waals surface area contributed by atoms with Crippen LogP contribution in [-0.4, -0.2) is 51.1 Å². The van der Waals surface area contributed by atoms with Gasteiger partial charge in [-0.2, -0.15) is 0 Å². The van der Waals surface area contributed by atoms with Crippen molar-refractivity contribution in [2.24, 2.45) is 22.4 Å². The summed E-state index contributed by atoms with van der Waals surface area (Å²) in [5.74, 6) is 5.44. The Hall–Kier alpha value is -2.60. The fourth-order valence-corrected chi connectivity index (χ4v) is 4.61. The zero-order valence-electron chi connectivity index (χ0n) is 18.5. The van der Waals surface area contributed by atoms with Gasteiger partial charge in [-0.05, 0) is 38.5 Å². The monoisotopic (exact) mass is 448 g/mol. The molecule has 0 radical (unpaired) electrons. The van der Waals surface area contributed by atoms with Gasteiger partial charge in [-0.25, -0.2) is 24.7 Å². The predicted octanol–water partition coefficient (Wildman–Crippen LogP) is 1.34. The van der Waals surface area contributed by atoms with Crippen molar-refractivity contribution in [3.05, 3.63) is 52.6 Å². The molecule has 11 heteroatoms. The number of benzene rings is 1. The highest BCUT2D eigenvalue weighted by molar-refractivity contribution is 5.94. The molecule has 9 nitrogen and oxygen atoms in total. The summed E-state index contributed by atoms with van der Waals surface area (Å²) < 4.78 is 35.8. The van der Waals surface area contributed by atoms with Crippen molar-refractivity contribution in [2.75, 3.05) is 13.7 Å². The van der Waals surface area contributed by atoms with E-state index >= 15 is 0 Å². The van der Waals surface area contributed by atoms with E-state index in [0.717, 1.165) is 34.7 Å². The number of nitrogens with zero attached hydrogens (tertiary/aromatic N) is 5. The number of amidine groups is 1. The Kier molecular flexibility index (Phi) is 6.17. The molecule has 2 aliphatic heterocycles. The Labute approximate surface area is 185 Å². The summed E-state index contributed by atoms with van der Waals surface area (Å²) in [6, 6.07) is 3.07. The molecular weight excluding hydrogens is 418 g/mol. The van der Waals surface area contributed by atoms with Gasteiger partial charge in [0.05, 0.1) is 18.0 Å². The fraction of sp³-hybridized carbons (Fsp3) is 0.524. The van der Waals surface area contributed by atoms with Crippen LogP contribution in [0, 0.1) is 11.6 Å². The molecular formula is C21H30F2N8O. The second kappa shape index (κ2) is 8.74. The molecule has 2 aliphatic rings. The lowest BCUT2D eigenvalue weighted by Gasteiger charge is -2.38. The Morgan fingerprint density at radius 1 is 1.31 bits per heavy atom. The lowest BCUT2D eigenvalue weighted by atomic mass is 9.93. The first-order valence-corrected chi connectivity index (χ1v) is 10.6. The van der Waals surface area contributed by atoms with Crippen LogP contribution in [0.4, 0.5) is 8.78 Å². The molecule has 6 N–H and O–H groups in total. The maximum atomic E-state index is 14.2. The van der Waals surface area contributed by atoms with Crippen LogP contribution in [0.15, 0.2) is 23.3 Å². The van der Waals surface area contributed by atoms with Gasteiger partial charge in [0.1, 0.15) is 17.7 Å². The van der Waals surface area contributed by atoms with Crippen molar-refractivity contribution in [2.45, 2.75) is 57.6 Å². The van der Waals surface area contributed by atoms with E-state index in [9.17, 15) is 8.78 Å². The molecule has 0 spiro atoms. The minimum Gasteiger partial charge on any atom is -0.379 e. The highest BCUT2D eigenvalue weighted by atomic mass is 19.1. The summed E-state index contributed by atoms with van der Waals surface area (Å²) in [5.41, 5.74) is 14.6. The van der Waals surface area contributed by atoms with Crippen molar-refractivity contribution >= 4 is 5.84 Å². The lowest BCUT2D eigenvalue weighted by Crippen LogP contribution is -2.48. The number of halogens is 2. The number of rotatable bonds is 5. The molecule has 4 rings (SSSR count). The van der Waals surface area contributed by atoms with E-state index in [1.165, 1.54) is 0 Å². The Bertz CT molecular complexity index is 1020. The van der Waals surface area contributed by atoms with Gasteiger partial charge in [-0.1, -0.05) is 0 Å². The zero-order chi connectivity index (χ0) is 23.2. The molecule has 1 aromatic heterocycles. The summed E-state index contributed by atoms with van der Waals surface area (Å²) in [7, 11) is 1.60.